The van der Waals surface area contributed by atoms with Gasteiger partial charge >= 0.3 is 0 Å². The van der Waals surface area contributed by atoms with Gasteiger partial charge in [0.2, 0.25) is 0 Å². The van der Waals surface area contributed by atoms with Crippen molar-refractivity contribution in [2.75, 3.05) is 25.6 Å². The summed E-state index contributed by atoms with van der Waals surface area (Å²) >= 11 is 0. The van der Waals surface area contributed by atoms with Gasteiger partial charge in [-0.2, -0.15) is 0 Å². The van der Waals surface area contributed by atoms with Crippen LogP contribution in [0.2, 0.25) is 0 Å². The molecule has 0 saturated heterocycles. The number of anilines is 2. The van der Waals surface area contributed by atoms with Crippen molar-refractivity contribution in [3.8, 4) is 11.5 Å². The topological polar surface area (TPSA) is 85.4 Å². The molecule has 0 aliphatic rings. The van der Waals surface area contributed by atoms with Gasteiger partial charge in [-0.25, -0.2) is 9.97 Å². The van der Waals surface area contributed by atoms with E-state index >= 15 is 0 Å². The predicted molar refractivity (Wildman–Crippen MR) is 103 cm³/mol. The van der Waals surface area contributed by atoms with Gasteiger partial charge in [0.25, 0.3) is 5.91 Å². The van der Waals surface area contributed by atoms with Crippen molar-refractivity contribution in [3.05, 3.63) is 72.7 Å². The van der Waals surface area contributed by atoms with Crippen LogP contribution in [0.4, 0.5) is 11.5 Å². The zero-order valence-corrected chi connectivity index (χ0v) is 14.9. The number of hydrogen-bond acceptors (Lipinski definition) is 6. The summed E-state index contributed by atoms with van der Waals surface area (Å²) in [5.74, 6) is 1.74. The van der Waals surface area contributed by atoms with Gasteiger partial charge in [-0.1, -0.05) is 18.2 Å². The molecule has 0 fully saturated rings. The number of benzene rings is 2. The molecule has 0 aliphatic carbocycles. The highest BCUT2D eigenvalue weighted by Gasteiger charge is 2.07. The maximum Gasteiger partial charge on any atom is 0.271 e. The first-order valence-electron chi connectivity index (χ1n) is 8.44. The Balaban J connectivity index is 1.43. The summed E-state index contributed by atoms with van der Waals surface area (Å²) < 4.78 is 10.6. The van der Waals surface area contributed by atoms with Gasteiger partial charge in [-0.05, 0) is 36.4 Å². The van der Waals surface area contributed by atoms with E-state index in [-0.39, 0.29) is 11.6 Å². The third-order valence-corrected chi connectivity index (χ3v) is 3.65. The summed E-state index contributed by atoms with van der Waals surface area (Å²) in [5, 5.41) is 5.86. The van der Waals surface area contributed by atoms with E-state index in [0.29, 0.717) is 24.7 Å². The number of rotatable bonds is 8. The predicted octanol–water partition coefficient (Wildman–Crippen LogP) is 3.04. The lowest BCUT2D eigenvalue weighted by Crippen LogP contribution is -2.28. The van der Waals surface area contributed by atoms with Crippen molar-refractivity contribution < 1.29 is 14.3 Å². The van der Waals surface area contributed by atoms with Crippen molar-refractivity contribution >= 4 is 17.4 Å². The minimum absolute atomic E-state index is 0.248. The normalized spacial score (nSPS) is 10.1. The number of aromatic nitrogens is 2. The van der Waals surface area contributed by atoms with Crippen molar-refractivity contribution in [1.29, 1.82) is 0 Å². The fraction of sp³-hybridized carbons (Fsp3) is 0.150. The molecule has 7 heteroatoms. The quantitative estimate of drug-likeness (QED) is 0.598. The number of methoxy groups -OCH3 is 1. The molecule has 138 valence electrons. The maximum atomic E-state index is 12.1. The number of carbonyl (C=O) groups excluding carboxylic acids is 1. The molecular weight excluding hydrogens is 344 g/mol. The summed E-state index contributed by atoms with van der Waals surface area (Å²) in [5.41, 5.74) is 1.15. The molecule has 0 bridgehead atoms. The Labute approximate surface area is 157 Å². The van der Waals surface area contributed by atoms with Crippen molar-refractivity contribution in [2.45, 2.75) is 0 Å². The molecule has 0 unspecified atom stereocenters. The molecule has 0 spiro atoms. The Morgan fingerprint density at radius 1 is 0.963 bits per heavy atom. The number of para-hydroxylation sites is 1. The van der Waals surface area contributed by atoms with Gasteiger partial charge in [0.05, 0.1) is 26.0 Å². The van der Waals surface area contributed by atoms with E-state index in [4.69, 9.17) is 9.47 Å². The SMILES string of the molecule is COc1ccc(OCCNC(=O)c2cnc(Nc3ccccc3)cn2)cc1. The molecule has 27 heavy (non-hydrogen) atoms. The highest BCUT2D eigenvalue weighted by Crippen LogP contribution is 2.16. The van der Waals surface area contributed by atoms with E-state index in [1.807, 2.05) is 54.6 Å². The average Bonchev–Trinajstić information content (AvgIpc) is 2.73. The van der Waals surface area contributed by atoms with Crippen LogP contribution in [0.25, 0.3) is 0 Å². The zero-order valence-electron chi connectivity index (χ0n) is 14.9. The van der Waals surface area contributed by atoms with Gasteiger partial charge < -0.3 is 20.1 Å². The van der Waals surface area contributed by atoms with Crippen LogP contribution in [-0.4, -0.2) is 36.1 Å². The number of amides is 1. The summed E-state index contributed by atoms with van der Waals surface area (Å²) in [6, 6.07) is 16.9. The van der Waals surface area contributed by atoms with Crippen molar-refractivity contribution in [2.24, 2.45) is 0 Å². The summed E-state index contributed by atoms with van der Waals surface area (Å²) in [6.45, 7) is 0.704. The molecule has 0 radical (unpaired) electrons. The first-order valence-corrected chi connectivity index (χ1v) is 8.44. The van der Waals surface area contributed by atoms with Gasteiger partial charge in [-0.3, -0.25) is 4.79 Å². The Morgan fingerprint density at radius 2 is 1.70 bits per heavy atom. The van der Waals surface area contributed by atoms with E-state index in [9.17, 15) is 4.79 Å². The van der Waals surface area contributed by atoms with Crippen LogP contribution in [0, 0.1) is 0 Å². The summed E-state index contributed by atoms with van der Waals surface area (Å²) in [4.78, 5) is 20.5. The van der Waals surface area contributed by atoms with E-state index in [0.717, 1.165) is 11.4 Å². The van der Waals surface area contributed by atoms with Gasteiger partial charge in [0, 0.05) is 5.69 Å². The fourth-order valence-corrected chi connectivity index (χ4v) is 2.28. The highest BCUT2D eigenvalue weighted by atomic mass is 16.5. The molecule has 2 aromatic carbocycles. The molecule has 1 amide bonds. The number of hydrogen-bond donors (Lipinski definition) is 2. The summed E-state index contributed by atoms with van der Waals surface area (Å²) in [6.07, 6.45) is 2.96. The van der Waals surface area contributed by atoms with Crippen LogP contribution >= 0.6 is 0 Å². The molecule has 3 aromatic rings. The third kappa shape index (κ3) is 5.43. The molecular formula is C20H20N4O3. The third-order valence-electron chi connectivity index (χ3n) is 3.65. The zero-order chi connectivity index (χ0) is 18.9. The lowest BCUT2D eigenvalue weighted by Gasteiger charge is -2.08. The number of nitrogens with zero attached hydrogens (tertiary/aromatic N) is 2. The van der Waals surface area contributed by atoms with Crippen LogP contribution in [0.5, 0.6) is 11.5 Å². The van der Waals surface area contributed by atoms with Crippen LogP contribution in [0.3, 0.4) is 0 Å². The standard InChI is InChI=1S/C20H20N4O3/c1-26-16-7-9-17(10-8-16)27-12-11-21-20(25)18-13-23-19(14-22-18)24-15-5-3-2-4-6-15/h2-10,13-14H,11-12H2,1H3,(H,21,25)(H,23,24). The van der Waals surface area contributed by atoms with E-state index < -0.39 is 0 Å². The number of carbonyl (C=O) groups is 1. The molecule has 3 rings (SSSR count). The fourth-order valence-electron chi connectivity index (χ4n) is 2.28. The van der Waals surface area contributed by atoms with Gasteiger partial charge in [0.15, 0.2) is 0 Å². The Morgan fingerprint density at radius 3 is 2.37 bits per heavy atom. The van der Waals surface area contributed by atoms with E-state index in [1.54, 1.807) is 7.11 Å². The molecule has 2 N–H and O–H groups in total. The number of nitrogens with one attached hydrogen (secondary N) is 2. The smallest absolute Gasteiger partial charge is 0.271 e. The molecule has 1 aromatic heterocycles. The molecule has 0 saturated carbocycles. The first kappa shape index (κ1) is 18.2. The van der Waals surface area contributed by atoms with Crippen molar-refractivity contribution in [1.82, 2.24) is 15.3 Å². The Hall–Kier alpha value is -3.61. The second-order valence-electron chi connectivity index (χ2n) is 5.56. The van der Waals surface area contributed by atoms with Crippen molar-refractivity contribution in [3.63, 3.8) is 0 Å². The molecule has 0 atom stereocenters. The maximum absolute atomic E-state index is 12.1. The second-order valence-corrected chi connectivity index (χ2v) is 5.56. The van der Waals surface area contributed by atoms with E-state index in [2.05, 4.69) is 20.6 Å². The lowest BCUT2D eigenvalue weighted by atomic mass is 10.3. The molecule has 0 aliphatic heterocycles. The molecule has 1 heterocycles. The van der Waals surface area contributed by atoms with Gasteiger partial charge in [-0.15, -0.1) is 0 Å². The summed E-state index contributed by atoms with van der Waals surface area (Å²) in [7, 11) is 1.61. The highest BCUT2D eigenvalue weighted by molar-refractivity contribution is 5.92. The first-order chi connectivity index (χ1) is 13.2. The monoisotopic (exact) mass is 364 g/mol. The average molecular weight is 364 g/mol. The van der Waals surface area contributed by atoms with Crippen LogP contribution in [0.15, 0.2) is 67.0 Å². The lowest BCUT2D eigenvalue weighted by molar-refractivity contribution is 0.0941. The van der Waals surface area contributed by atoms with Crippen LogP contribution in [0.1, 0.15) is 10.5 Å². The molecule has 7 nitrogen and oxygen atoms in total. The van der Waals surface area contributed by atoms with Gasteiger partial charge in [0.1, 0.15) is 29.6 Å². The van der Waals surface area contributed by atoms with Crippen LogP contribution < -0.4 is 20.1 Å². The largest absolute Gasteiger partial charge is 0.497 e. The van der Waals surface area contributed by atoms with E-state index in [1.165, 1.54) is 12.4 Å². The van der Waals surface area contributed by atoms with Crippen LogP contribution in [-0.2, 0) is 0 Å². The Bertz CT molecular complexity index is 853. The minimum atomic E-state index is -0.299. The number of ether oxygens (including phenoxy) is 2. The Kier molecular flexibility index (Phi) is 6.19. The second kappa shape index (κ2) is 9.19. The minimum Gasteiger partial charge on any atom is -0.497 e.